The molecule has 0 aromatic carbocycles. The zero-order valence-electron chi connectivity index (χ0n) is 4.43. The number of carboxylic acid groups (broad SMARTS) is 1. The number of carboxylic acids is 1. The summed E-state index contributed by atoms with van der Waals surface area (Å²) in [6.45, 7) is 1.59. The number of rotatable bonds is 2. The van der Waals surface area contributed by atoms with Crippen LogP contribution in [0.15, 0.2) is 0 Å². The van der Waals surface area contributed by atoms with Crippen LogP contribution in [0.4, 0.5) is 0 Å². The molecular weight excluding hydrogens is 92.8 g/mol. The summed E-state index contributed by atoms with van der Waals surface area (Å²) in [7, 11) is 1.61. The first-order chi connectivity index (χ1) is 3.18. The van der Waals surface area contributed by atoms with Gasteiger partial charge in [-0.1, -0.05) is 0 Å². The molecular formula is C3H8BNO2. The average Bonchev–Trinajstić information content (AvgIpc) is 1.65. The molecule has 7 heavy (non-hydrogen) atoms. The van der Waals surface area contributed by atoms with Gasteiger partial charge < -0.3 is 10.3 Å². The van der Waals surface area contributed by atoms with Crippen LogP contribution in [0.3, 0.4) is 0 Å². The van der Waals surface area contributed by atoms with Crippen LogP contribution in [0.1, 0.15) is 6.92 Å². The van der Waals surface area contributed by atoms with Gasteiger partial charge in [0.05, 0.1) is 6.04 Å². The lowest BCUT2D eigenvalue weighted by molar-refractivity contribution is -0.138. The molecule has 40 valence electrons. The van der Waals surface area contributed by atoms with Crippen molar-refractivity contribution in [2.45, 2.75) is 13.0 Å². The van der Waals surface area contributed by atoms with E-state index in [-0.39, 0.29) is 0 Å². The number of hydrogen-bond donors (Lipinski definition) is 2. The lowest BCUT2D eigenvalue weighted by atomic mass is 10.3. The monoisotopic (exact) mass is 101 g/mol. The molecule has 0 radical (unpaired) electrons. The Labute approximate surface area is 43.1 Å². The van der Waals surface area contributed by atoms with Crippen LogP contribution in [0.25, 0.3) is 0 Å². The van der Waals surface area contributed by atoms with Gasteiger partial charge in [0.2, 0.25) is 0 Å². The summed E-state index contributed by atoms with van der Waals surface area (Å²) >= 11 is 0. The third-order valence-electron chi connectivity index (χ3n) is 0.803. The fourth-order valence-electron chi connectivity index (χ4n) is 0.123. The van der Waals surface area contributed by atoms with Crippen LogP contribution in [0.2, 0.25) is 0 Å². The topological polar surface area (TPSA) is 49.3 Å². The molecule has 0 heterocycles. The van der Waals surface area contributed by atoms with Gasteiger partial charge in [0, 0.05) is 0 Å². The summed E-state index contributed by atoms with van der Waals surface area (Å²) in [5, 5.41) is 10.7. The van der Waals surface area contributed by atoms with E-state index in [4.69, 9.17) is 5.11 Å². The fraction of sp³-hybridized carbons (Fsp3) is 0.667. The smallest absolute Gasteiger partial charge is 0.319 e. The van der Waals surface area contributed by atoms with Gasteiger partial charge in [-0.25, -0.2) is 0 Å². The molecule has 0 rings (SSSR count). The van der Waals surface area contributed by atoms with Crippen molar-refractivity contribution >= 4 is 14.0 Å². The van der Waals surface area contributed by atoms with E-state index in [1.807, 2.05) is 0 Å². The second-order valence-electron chi connectivity index (χ2n) is 1.35. The third kappa shape index (κ3) is 2.22. The van der Waals surface area contributed by atoms with E-state index in [0.29, 0.717) is 0 Å². The molecule has 0 amide bonds. The zero-order chi connectivity index (χ0) is 5.86. The van der Waals surface area contributed by atoms with Gasteiger partial charge in [0.1, 0.15) is 0 Å². The van der Waals surface area contributed by atoms with Crippen molar-refractivity contribution in [2.75, 3.05) is 0 Å². The van der Waals surface area contributed by atoms with Crippen LogP contribution in [0.5, 0.6) is 0 Å². The summed E-state index contributed by atoms with van der Waals surface area (Å²) in [5.41, 5.74) is 0. The highest BCUT2D eigenvalue weighted by Gasteiger charge is 2.03. The Hall–Kier alpha value is -0.505. The van der Waals surface area contributed by atoms with Gasteiger partial charge in [-0.3, -0.25) is 4.79 Å². The Kier molecular flexibility index (Phi) is 2.44. The van der Waals surface area contributed by atoms with Crippen molar-refractivity contribution in [1.82, 2.24) is 5.23 Å². The van der Waals surface area contributed by atoms with Crippen molar-refractivity contribution < 1.29 is 9.90 Å². The molecule has 0 unspecified atom stereocenters. The second kappa shape index (κ2) is 2.63. The summed E-state index contributed by atoms with van der Waals surface area (Å²) < 4.78 is 0. The van der Waals surface area contributed by atoms with E-state index in [2.05, 4.69) is 5.23 Å². The van der Waals surface area contributed by atoms with Crippen LogP contribution < -0.4 is 5.23 Å². The highest BCUT2D eigenvalue weighted by Crippen LogP contribution is 1.73. The van der Waals surface area contributed by atoms with Crippen LogP contribution >= 0.6 is 0 Å². The molecule has 0 aromatic heterocycles. The maximum atomic E-state index is 9.87. The first-order valence-corrected chi connectivity index (χ1v) is 2.08. The van der Waals surface area contributed by atoms with Gasteiger partial charge in [0.25, 0.3) is 0 Å². The maximum absolute atomic E-state index is 9.87. The van der Waals surface area contributed by atoms with Crippen molar-refractivity contribution in [3.05, 3.63) is 0 Å². The minimum Gasteiger partial charge on any atom is -0.480 e. The molecule has 0 aromatic rings. The van der Waals surface area contributed by atoms with E-state index in [1.54, 1.807) is 14.9 Å². The quantitative estimate of drug-likeness (QED) is 0.420. The van der Waals surface area contributed by atoms with Gasteiger partial charge >= 0.3 is 5.97 Å². The highest BCUT2D eigenvalue weighted by atomic mass is 16.4. The van der Waals surface area contributed by atoms with Crippen LogP contribution in [0, 0.1) is 0 Å². The Morgan fingerprint density at radius 3 is 2.43 bits per heavy atom. The van der Waals surface area contributed by atoms with Gasteiger partial charge in [-0.15, -0.1) is 0 Å². The Morgan fingerprint density at radius 1 is 2.00 bits per heavy atom. The molecule has 0 aliphatic heterocycles. The molecule has 0 aliphatic rings. The molecule has 0 saturated carbocycles. The maximum Gasteiger partial charge on any atom is 0.319 e. The fourth-order valence-corrected chi connectivity index (χ4v) is 0.123. The zero-order valence-corrected chi connectivity index (χ0v) is 4.43. The van der Waals surface area contributed by atoms with E-state index in [0.717, 1.165) is 0 Å². The third-order valence-corrected chi connectivity index (χ3v) is 0.803. The SMILES string of the molecule is BN[C@@H](C)C(=O)O. The van der Waals surface area contributed by atoms with Crippen molar-refractivity contribution in [3.63, 3.8) is 0 Å². The minimum atomic E-state index is -0.817. The van der Waals surface area contributed by atoms with Crippen molar-refractivity contribution in [2.24, 2.45) is 0 Å². The molecule has 1 atom stereocenters. The first kappa shape index (κ1) is 6.49. The van der Waals surface area contributed by atoms with E-state index in [9.17, 15) is 4.79 Å². The van der Waals surface area contributed by atoms with Gasteiger partial charge in [0.15, 0.2) is 7.98 Å². The first-order valence-electron chi connectivity index (χ1n) is 2.08. The number of nitrogens with one attached hydrogen (secondary N) is 1. The molecule has 0 fully saturated rings. The Bertz CT molecular complexity index is 75.3. The van der Waals surface area contributed by atoms with Crippen LogP contribution in [-0.2, 0) is 4.79 Å². The molecule has 4 heteroatoms. The van der Waals surface area contributed by atoms with Gasteiger partial charge in [-0.2, -0.15) is 0 Å². The summed E-state index contributed by atoms with van der Waals surface area (Å²) in [4.78, 5) is 9.87. The number of carbonyl (C=O) groups is 1. The van der Waals surface area contributed by atoms with Crippen molar-refractivity contribution in [1.29, 1.82) is 0 Å². The molecule has 0 spiro atoms. The molecule has 3 nitrogen and oxygen atoms in total. The lowest BCUT2D eigenvalue weighted by Crippen LogP contribution is -2.31. The van der Waals surface area contributed by atoms with Crippen LogP contribution in [-0.4, -0.2) is 25.1 Å². The summed E-state index contributed by atoms with van der Waals surface area (Å²) in [6.07, 6.45) is 0. The van der Waals surface area contributed by atoms with E-state index < -0.39 is 12.0 Å². The Balaban J connectivity index is 3.34. The standard InChI is InChI=1S/C3H8BNO2/c1-2(5-4)3(6)7/h2,5H,4H2,1H3,(H,6,7)/t2-/m0/s1. The van der Waals surface area contributed by atoms with Crippen molar-refractivity contribution in [3.8, 4) is 0 Å². The predicted molar refractivity (Wildman–Crippen MR) is 28.8 cm³/mol. The normalized spacial score (nSPS) is 13.3. The number of hydrogen-bond acceptors (Lipinski definition) is 2. The minimum absolute atomic E-state index is 0.431. The van der Waals surface area contributed by atoms with E-state index >= 15 is 0 Å². The van der Waals surface area contributed by atoms with Gasteiger partial charge in [-0.05, 0) is 6.92 Å². The Morgan fingerprint density at radius 2 is 2.43 bits per heavy atom. The number of aliphatic carboxylic acids is 1. The average molecular weight is 101 g/mol. The molecule has 0 saturated heterocycles. The largest absolute Gasteiger partial charge is 0.480 e. The van der Waals surface area contributed by atoms with E-state index in [1.165, 1.54) is 0 Å². The summed E-state index contributed by atoms with van der Waals surface area (Å²) in [5.74, 6) is -0.817. The summed E-state index contributed by atoms with van der Waals surface area (Å²) in [6, 6.07) is -0.431. The molecule has 0 aliphatic carbocycles. The highest BCUT2D eigenvalue weighted by molar-refractivity contribution is 6.06. The molecule has 0 bridgehead atoms. The second-order valence-corrected chi connectivity index (χ2v) is 1.35. The predicted octanol–water partition coefficient (Wildman–Crippen LogP) is -1.40. The molecule has 2 N–H and O–H groups in total. The lowest BCUT2D eigenvalue weighted by Gasteiger charge is -1.99.